The minimum Gasteiger partial charge on any atom is -0.377 e. The molecule has 162 valence electrons. The summed E-state index contributed by atoms with van der Waals surface area (Å²) >= 11 is 0. The number of aromatic nitrogens is 2. The molecule has 6 nitrogen and oxygen atoms in total. The van der Waals surface area contributed by atoms with Gasteiger partial charge in [-0.1, -0.05) is 42.5 Å². The van der Waals surface area contributed by atoms with E-state index in [9.17, 15) is 8.42 Å². The zero-order valence-corrected chi connectivity index (χ0v) is 18.4. The van der Waals surface area contributed by atoms with Crippen molar-refractivity contribution in [2.45, 2.75) is 10.9 Å². The van der Waals surface area contributed by atoms with E-state index in [-0.39, 0.29) is 17.5 Å². The molecule has 5 rings (SSSR count). The van der Waals surface area contributed by atoms with Crippen molar-refractivity contribution in [3.63, 3.8) is 0 Å². The largest absolute Gasteiger partial charge is 0.377 e. The number of anilines is 1. The number of para-hydroxylation sites is 2. The molecule has 0 aliphatic rings. The first-order chi connectivity index (χ1) is 15.5. The van der Waals surface area contributed by atoms with Crippen molar-refractivity contribution in [3.8, 4) is 0 Å². The second-order valence-corrected chi connectivity index (χ2v) is 9.62. The van der Waals surface area contributed by atoms with Gasteiger partial charge in [0.15, 0.2) is 0 Å². The Hall–Kier alpha value is -3.55. The Balaban J connectivity index is 1.47. The first kappa shape index (κ1) is 20.4. The highest BCUT2D eigenvalue weighted by atomic mass is 32.2. The predicted molar refractivity (Wildman–Crippen MR) is 129 cm³/mol. The van der Waals surface area contributed by atoms with Crippen LogP contribution in [-0.4, -0.2) is 24.5 Å². The van der Waals surface area contributed by atoms with Gasteiger partial charge in [-0.05, 0) is 41.8 Å². The van der Waals surface area contributed by atoms with E-state index in [0.717, 1.165) is 33.1 Å². The average Bonchev–Trinajstić information content (AvgIpc) is 3.41. The number of benzene rings is 3. The first-order valence-electron chi connectivity index (χ1n) is 10.4. The summed E-state index contributed by atoms with van der Waals surface area (Å²) in [7, 11) is -1.69. The number of sulfonamides is 1. The molecular formula is C25H24N4O2S. The van der Waals surface area contributed by atoms with Gasteiger partial charge in [0.2, 0.25) is 10.0 Å². The summed E-state index contributed by atoms with van der Waals surface area (Å²) in [6.07, 6.45) is 3.86. The van der Waals surface area contributed by atoms with E-state index in [4.69, 9.17) is 0 Å². The summed E-state index contributed by atoms with van der Waals surface area (Å²) in [5.74, 6) is 0. The molecule has 0 bridgehead atoms. The number of rotatable bonds is 7. The van der Waals surface area contributed by atoms with E-state index in [1.807, 2.05) is 61.6 Å². The molecule has 0 fully saturated rings. The van der Waals surface area contributed by atoms with Crippen LogP contribution in [0.15, 0.2) is 96.2 Å². The predicted octanol–water partition coefficient (Wildman–Crippen LogP) is 4.79. The van der Waals surface area contributed by atoms with Gasteiger partial charge in [0, 0.05) is 53.7 Å². The van der Waals surface area contributed by atoms with Gasteiger partial charge in [0.25, 0.3) is 0 Å². The Morgan fingerprint density at radius 3 is 2.59 bits per heavy atom. The monoisotopic (exact) mass is 444 g/mol. The zero-order valence-electron chi connectivity index (χ0n) is 17.6. The lowest BCUT2D eigenvalue weighted by molar-refractivity contribution is 0.576. The molecule has 0 saturated heterocycles. The molecule has 32 heavy (non-hydrogen) atoms. The molecule has 0 aliphatic heterocycles. The van der Waals surface area contributed by atoms with Crippen LogP contribution in [0.5, 0.6) is 0 Å². The molecule has 7 heteroatoms. The van der Waals surface area contributed by atoms with Gasteiger partial charge in [0.1, 0.15) is 0 Å². The minimum absolute atomic E-state index is 0.202. The lowest BCUT2D eigenvalue weighted by Gasteiger charge is -2.20. The van der Waals surface area contributed by atoms with Crippen LogP contribution >= 0.6 is 0 Å². The quantitative estimate of drug-likeness (QED) is 0.338. The number of nitrogens with one attached hydrogen (secondary N) is 3. The summed E-state index contributed by atoms with van der Waals surface area (Å²) in [4.78, 5) is 3.31. The average molecular weight is 445 g/mol. The van der Waals surface area contributed by atoms with E-state index >= 15 is 0 Å². The van der Waals surface area contributed by atoms with E-state index in [2.05, 4.69) is 37.9 Å². The van der Waals surface area contributed by atoms with Crippen LogP contribution in [0.2, 0.25) is 0 Å². The summed E-state index contributed by atoms with van der Waals surface area (Å²) in [5, 5.41) is 5.57. The minimum atomic E-state index is -3.69. The standard InChI is InChI=1S/C25H24N4O2S/c1-29-17-22(21-9-5-6-10-25(21)29)24(28-19-7-3-2-4-8-19)16-27-32(30,31)20-12-11-18-13-14-26-23(18)15-20/h2-15,17,24,26-28H,16H2,1H3. The van der Waals surface area contributed by atoms with E-state index < -0.39 is 10.0 Å². The number of aromatic amines is 1. The van der Waals surface area contributed by atoms with Gasteiger partial charge in [-0.3, -0.25) is 0 Å². The Morgan fingerprint density at radius 2 is 1.75 bits per heavy atom. The van der Waals surface area contributed by atoms with Gasteiger partial charge >= 0.3 is 0 Å². The van der Waals surface area contributed by atoms with Crippen LogP contribution in [0.25, 0.3) is 21.8 Å². The smallest absolute Gasteiger partial charge is 0.240 e. The summed E-state index contributed by atoms with van der Waals surface area (Å²) in [5.41, 5.74) is 3.86. The Kier molecular flexibility index (Phi) is 5.20. The lowest BCUT2D eigenvalue weighted by Crippen LogP contribution is -2.31. The van der Waals surface area contributed by atoms with Crippen LogP contribution < -0.4 is 10.0 Å². The highest BCUT2D eigenvalue weighted by molar-refractivity contribution is 7.89. The summed E-state index contributed by atoms with van der Waals surface area (Å²) in [6, 6.07) is 24.7. The van der Waals surface area contributed by atoms with Gasteiger partial charge in [0.05, 0.1) is 10.9 Å². The second kappa shape index (κ2) is 8.18. The fourth-order valence-electron chi connectivity index (χ4n) is 4.10. The molecule has 3 aromatic carbocycles. The Labute approximate surface area is 186 Å². The van der Waals surface area contributed by atoms with Crippen molar-refractivity contribution in [3.05, 3.63) is 96.8 Å². The normalized spacial score (nSPS) is 12.9. The number of H-pyrrole nitrogens is 1. The van der Waals surface area contributed by atoms with Crippen LogP contribution in [0.1, 0.15) is 11.6 Å². The van der Waals surface area contributed by atoms with Crippen molar-refractivity contribution in [2.75, 3.05) is 11.9 Å². The molecule has 0 aliphatic carbocycles. The zero-order chi connectivity index (χ0) is 22.1. The van der Waals surface area contributed by atoms with Gasteiger partial charge in [-0.25, -0.2) is 13.1 Å². The van der Waals surface area contributed by atoms with Crippen molar-refractivity contribution < 1.29 is 8.42 Å². The highest BCUT2D eigenvalue weighted by Gasteiger charge is 2.21. The van der Waals surface area contributed by atoms with Crippen molar-refractivity contribution in [1.29, 1.82) is 0 Å². The SMILES string of the molecule is Cn1cc(C(CNS(=O)(=O)c2ccc3cc[nH]c3c2)Nc2ccccc2)c2ccccc21. The molecular weight excluding hydrogens is 420 g/mol. The summed E-state index contributed by atoms with van der Waals surface area (Å²) in [6.45, 7) is 0.202. The third-order valence-electron chi connectivity index (χ3n) is 5.73. The topological polar surface area (TPSA) is 78.9 Å². The van der Waals surface area contributed by atoms with Crippen molar-refractivity contribution >= 4 is 37.5 Å². The number of aryl methyl sites for hydroxylation is 1. The van der Waals surface area contributed by atoms with E-state index in [0.29, 0.717) is 0 Å². The van der Waals surface area contributed by atoms with Crippen molar-refractivity contribution in [2.24, 2.45) is 7.05 Å². The van der Waals surface area contributed by atoms with Gasteiger partial charge in [-0.2, -0.15) is 0 Å². The molecule has 2 aromatic heterocycles. The van der Waals surface area contributed by atoms with E-state index in [1.165, 1.54) is 0 Å². The van der Waals surface area contributed by atoms with Crippen molar-refractivity contribution in [1.82, 2.24) is 14.3 Å². The highest BCUT2D eigenvalue weighted by Crippen LogP contribution is 2.29. The molecule has 2 heterocycles. The molecule has 1 atom stereocenters. The molecule has 0 amide bonds. The summed E-state index contributed by atoms with van der Waals surface area (Å²) < 4.78 is 31.1. The molecule has 3 N–H and O–H groups in total. The first-order valence-corrected chi connectivity index (χ1v) is 11.9. The third kappa shape index (κ3) is 3.88. The fourth-order valence-corrected chi connectivity index (χ4v) is 5.17. The van der Waals surface area contributed by atoms with Crippen LogP contribution in [0.3, 0.4) is 0 Å². The molecule has 1 unspecified atom stereocenters. The Morgan fingerprint density at radius 1 is 0.969 bits per heavy atom. The Bertz CT molecular complexity index is 1490. The third-order valence-corrected chi connectivity index (χ3v) is 7.15. The second-order valence-electron chi connectivity index (χ2n) is 7.85. The maximum Gasteiger partial charge on any atom is 0.240 e. The van der Waals surface area contributed by atoms with Crippen LogP contribution in [0, 0.1) is 0 Å². The van der Waals surface area contributed by atoms with Crippen LogP contribution in [0.4, 0.5) is 5.69 Å². The van der Waals surface area contributed by atoms with E-state index in [1.54, 1.807) is 18.3 Å². The lowest BCUT2D eigenvalue weighted by atomic mass is 10.1. The number of nitrogens with zero attached hydrogens (tertiary/aromatic N) is 1. The molecule has 0 spiro atoms. The van der Waals surface area contributed by atoms with Crippen LogP contribution in [-0.2, 0) is 17.1 Å². The fraction of sp³-hybridized carbons (Fsp3) is 0.120. The van der Waals surface area contributed by atoms with Gasteiger partial charge < -0.3 is 14.9 Å². The maximum absolute atomic E-state index is 13.1. The number of hydrogen-bond acceptors (Lipinski definition) is 3. The molecule has 0 saturated carbocycles. The maximum atomic E-state index is 13.1. The van der Waals surface area contributed by atoms with Gasteiger partial charge in [-0.15, -0.1) is 0 Å². The molecule has 5 aromatic rings. The number of fused-ring (bicyclic) bond motifs is 2. The molecule has 0 radical (unpaired) electrons. The number of hydrogen-bond donors (Lipinski definition) is 3.